The molecule has 4 heavy (non-hydrogen) atoms. The number of rotatable bonds is 0. The second-order valence-electron chi connectivity index (χ2n) is 0. The second kappa shape index (κ2) is 27.5. The van der Waals surface area contributed by atoms with Crippen molar-refractivity contribution >= 4 is 23.1 Å². The molecule has 0 aliphatic rings. The van der Waals surface area contributed by atoms with Crippen LogP contribution in [0.3, 0.4) is 0 Å². The molecule has 0 rings (SSSR count). The van der Waals surface area contributed by atoms with Gasteiger partial charge in [-0.05, 0) is 0 Å². The first-order chi connectivity index (χ1) is 0. The van der Waals surface area contributed by atoms with Crippen molar-refractivity contribution in [1.82, 2.24) is 0 Å². The average Bonchev–Trinajstić information content (AvgIpc) is 0. The van der Waals surface area contributed by atoms with Crippen LogP contribution in [-0.2, 0) is 19.5 Å². The van der Waals surface area contributed by atoms with Crippen LogP contribution in [0, 0.1) is 0 Å². The molecule has 0 aliphatic heterocycles. The minimum Gasteiger partial charge on any atom is -0.870 e. The molecule has 0 aliphatic carbocycles. The van der Waals surface area contributed by atoms with Crippen molar-refractivity contribution in [3.05, 3.63) is 0 Å². The predicted molar refractivity (Wildman–Crippen MR) is 9.63 cm³/mol. The largest absolute Gasteiger partial charge is 2.00 e. The molecule has 0 fully saturated rings. The molecule has 0 aromatic heterocycles. The van der Waals surface area contributed by atoms with Gasteiger partial charge in [0.15, 0.2) is 0 Å². The summed E-state index contributed by atoms with van der Waals surface area (Å²) in [4.78, 5) is 0. The molecule has 0 saturated carbocycles. The summed E-state index contributed by atoms with van der Waals surface area (Å²) in [5, 5.41) is 0. The molecule has 0 heterocycles. The Morgan fingerprint density at radius 3 is 0.750 bits per heavy atom. The van der Waals surface area contributed by atoms with Gasteiger partial charge in [0.05, 0.1) is 0 Å². The van der Waals surface area contributed by atoms with Crippen LogP contribution >= 0.6 is 0 Å². The molecule has 0 saturated heterocycles. The Labute approximate surface area is 53.5 Å². The van der Waals surface area contributed by atoms with Crippen molar-refractivity contribution in [2.24, 2.45) is 0 Å². The number of hydrogen-bond acceptors (Lipinski definition) is 2. The first kappa shape index (κ1) is 57.5. The fourth-order valence-electron chi connectivity index (χ4n) is 0. The maximum Gasteiger partial charge on any atom is 2.00 e. The average molecular weight is 159 g/mol. The molecule has 0 aromatic carbocycles. The molecule has 0 aromatic rings. The van der Waals surface area contributed by atoms with Crippen LogP contribution in [0.1, 0.15) is 0 Å². The van der Waals surface area contributed by atoms with E-state index in [4.69, 9.17) is 0 Å². The van der Waals surface area contributed by atoms with Crippen molar-refractivity contribution < 1.29 is 30.4 Å². The Balaban J connectivity index is 0. The summed E-state index contributed by atoms with van der Waals surface area (Å²) < 4.78 is 0. The van der Waals surface area contributed by atoms with Gasteiger partial charge >= 0.3 is 23.1 Å². The summed E-state index contributed by atoms with van der Waals surface area (Å²) >= 11 is 0. The van der Waals surface area contributed by atoms with E-state index in [0.29, 0.717) is 0 Å². The zero-order valence-electron chi connectivity index (χ0n) is 1.96. The maximum atomic E-state index is 0. The first-order valence-corrected chi connectivity index (χ1v) is 0. The quantitative estimate of drug-likeness (QED) is 0.437. The van der Waals surface area contributed by atoms with Crippen LogP contribution in [-0.4, -0.2) is 34.0 Å². The van der Waals surface area contributed by atoms with Gasteiger partial charge in [-0.25, -0.2) is 0 Å². The summed E-state index contributed by atoms with van der Waals surface area (Å²) in [6.07, 6.45) is 0. The molecule has 0 bridgehead atoms. The van der Waals surface area contributed by atoms with Crippen molar-refractivity contribution in [3.63, 3.8) is 0 Å². The molecule has 4 heteroatoms. The van der Waals surface area contributed by atoms with Crippen LogP contribution in [0.5, 0.6) is 0 Å². The van der Waals surface area contributed by atoms with Crippen molar-refractivity contribution in [2.45, 2.75) is 0 Å². The smallest absolute Gasteiger partial charge is 0.870 e. The Hall–Kier alpha value is 1.31. The predicted octanol–water partition coefficient (Wildman–Crippen LogP) is -0.737. The fourth-order valence-corrected chi connectivity index (χ4v) is 0. The molecule has 2 N–H and O–H groups in total. The van der Waals surface area contributed by atoms with E-state index < -0.39 is 0 Å². The van der Waals surface area contributed by atoms with Crippen LogP contribution in [0.4, 0.5) is 0 Å². The summed E-state index contributed by atoms with van der Waals surface area (Å²) in [5.74, 6) is 0. The fraction of sp³-hybridized carbons (Fsp3) is 0. The molecular formula is H2MgO2Ru. The normalized spacial score (nSPS) is 0. The summed E-state index contributed by atoms with van der Waals surface area (Å²) in [6, 6.07) is 0. The summed E-state index contributed by atoms with van der Waals surface area (Å²) in [5.41, 5.74) is 0. The number of hydrogen-bond donors (Lipinski definition) is 0. The zero-order valence-corrected chi connectivity index (χ0v) is 5.11. The maximum absolute atomic E-state index is 0. The topological polar surface area (TPSA) is 60.0 Å². The van der Waals surface area contributed by atoms with E-state index in [1.807, 2.05) is 0 Å². The van der Waals surface area contributed by atoms with Gasteiger partial charge in [0.2, 0.25) is 0 Å². The minimum atomic E-state index is 0. The monoisotopic (exact) mass is 160 g/mol. The standard InChI is InChI=1S/Mg.2H2O.Ru/h;2*1H2;/q+2;;;/p-2. The molecule has 0 radical (unpaired) electrons. The van der Waals surface area contributed by atoms with Crippen LogP contribution in [0.15, 0.2) is 0 Å². The Kier molecular flexibility index (Phi) is 396. The minimum absolute atomic E-state index is 0. The van der Waals surface area contributed by atoms with Gasteiger partial charge in [-0.15, -0.1) is 0 Å². The molecule has 0 spiro atoms. The summed E-state index contributed by atoms with van der Waals surface area (Å²) in [6.45, 7) is 0. The van der Waals surface area contributed by atoms with Crippen LogP contribution in [0.25, 0.3) is 0 Å². The van der Waals surface area contributed by atoms with Gasteiger partial charge in [0, 0.05) is 19.5 Å². The Morgan fingerprint density at radius 1 is 0.750 bits per heavy atom. The van der Waals surface area contributed by atoms with E-state index in [1.54, 1.807) is 0 Å². The van der Waals surface area contributed by atoms with E-state index in [1.165, 1.54) is 0 Å². The Bertz CT molecular complexity index is 6.00. The van der Waals surface area contributed by atoms with E-state index in [0.717, 1.165) is 0 Å². The van der Waals surface area contributed by atoms with Gasteiger partial charge in [-0.1, -0.05) is 0 Å². The molecule has 0 amide bonds. The Morgan fingerprint density at radius 2 is 0.750 bits per heavy atom. The van der Waals surface area contributed by atoms with Gasteiger partial charge in [0.25, 0.3) is 0 Å². The second-order valence-corrected chi connectivity index (χ2v) is 0. The first-order valence-electron chi connectivity index (χ1n) is 0. The van der Waals surface area contributed by atoms with E-state index in [9.17, 15) is 0 Å². The van der Waals surface area contributed by atoms with Crippen molar-refractivity contribution in [3.8, 4) is 0 Å². The third kappa shape index (κ3) is 10.3. The zero-order chi connectivity index (χ0) is 0. The van der Waals surface area contributed by atoms with Gasteiger partial charge < -0.3 is 11.0 Å². The molecule has 0 atom stereocenters. The molecule has 2 nitrogen and oxygen atoms in total. The van der Waals surface area contributed by atoms with E-state index >= 15 is 0 Å². The van der Waals surface area contributed by atoms with Gasteiger partial charge in [-0.3, -0.25) is 0 Å². The van der Waals surface area contributed by atoms with E-state index in [2.05, 4.69) is 0 Å². The van der Waals surface area contributed by atoms with Crippen LogP contribution in [0.2, 0.25) is 0 Å². The van der Waals surface area contributed by atoms with Crippen LogP contribution < -0.4 is 0 Å². The molecule has 0 unspecified atom stereocenters. The van der Waals surface area contributed by atoms with Crippen molar-refractivity contribution in [1.29, 1.82) is 0 Å². The van der Waals surface area contributed by atoms with E-state index in [-0.39, 0.29) is 53.5 Å². The van der Waals surface area contributed by atoms with Crippen molar-refractivity contribution in [2.75, 3.05) is 0 Å². The third-order valence-corrected chi connectivity index (χ3v) is 0. The SMILES string of the molecule is [Mg+2].[OH-].[OH-].[Ru]. The van der Waals surface area contributed by atoms with Gasteiger partial charge in [0.1, 0.15) is 0 Å². The molecule has 24 valence electrons. The third-order valence-electron chi connectivity index (χ3n) is 0. The summed E-state index contributed by atoms with van der Waals surface area (Å²) in [7, 11) is 0. The molecular weight excluding hydrogens is 157 g/mol. The van der Waals surface area contributed by atoms with Gasteiger partial charge in [-0.2, -0.15) is 0 Å².